The zero-order chi connectivity index (χ0) is 19.2. The highest BCUT2D eigenvalue weighted by atomic mass is 19.2. The van der Waals surface area contributed by atoms with Crippen molar-refractivity contribution in [2.45, 2.75) is 18.9 Å². The maximum Gasteiger partial charge on any atom is 0.328 e. The van der Waals surface area contributed by atoms with Crippen molar-refractivity contribution in [3.8, 4) is 0 Å². The first-order valence-corrected chi connectivity index (χ1v) is 8.65. The van der Waals surface area contributed by atoms with Gasteiger partial charge in [0.05, 0.1) is 18.1 Å². The number of likely N-dealkylation sites (tertiary alicyclic amines) is 1. The molecule has 0 aliphatic carbocycles. The number of carbonyl (C=O) groups is 1. The topological polar surface area (TPSA) is 78.3 Å². The molecule has 0 saturated carbocycles. The first-order chi connectivity index (χ1) is 13.0. The average Bonchev–Trinajstić information content (AvgIpc) is 3.09. The number of benzene rings is 1. The van der Waals surface area contributed by atoms with E-state index in [9.17, 15) is 13.6 Å². The molecule has 6 nitrogen and oxygen atoms in total. The molecule has 1 aliphatic rings. The van der Waals surface area contributed by atoms with E-state index in [4.69, 9.17) is 5.11 Å². The Labute approximate surface area is 155 Å². The van der Waals surface area contributed by atoms with E-state index in [1.54, 1.807) is 12.3 Å². The monoisotopic (exact) mass is 374 g/mol. The highest BCUT2D eigenvalue weighted by Crippen LogP contribution is 2.16. The Morgan fingerprint density at radius 2 is 2.15 bits per heavy atom. The molecule has 0 unspecified atom stereocenters. The van der Waals surface area contributed by atoms with Crippen LogP contribution in [0.1, 0.15) is 17.7 Å². The lowest BCUT2D eigenvalue weighted by molar-refractivity contribution is -0.131. The summed E-state index contributed by atoms with van der Waals surface area (Å²) >= 11 is 0. The number of halogens is 2. The van der Waals surface area contributed by atoms with Crippen molar-refractivity contribution in [3.63, 3.8) is 0 Å². The summed E-state index contributed by atoms with van der Waals surface area (Å²) in [6.45, 7) is 2.51. The van der Waals surface area contributed by atoms with Gasteiger partial charge in [-0.2, -0.15) is 0 Å². The highest BCUT2D eigenvalue weighted by molar-refractivity contribution is 5.84. The van der Waals surface area contributed by atoms with Crippen molar-refractivity contribution >= 4 is 17.9 Å². The Hall–Kier alpha value is -2.87. The SMILES string of the molecule is O=C(O)/C=C/c1cnc(N[C@@H]2CCN(CCc3ccc(F)c(F)c3)C2)cn1. The van der Waals surface area contributed by atoms with Gasteiger partial charge in [-0.15, -0.1) is 0 Å². The average molecular weight is 374 g/mol. The summed E-state index contributed by atoms with van der Waals surface area (Å²) in [7, 11) is 0. The van der Waals surface area contributed by atoms with Crippen LogP contribution in [-0.4, -0.2) is 51.6 Å². The van der Waals surface area contributed by atoms with Crippen LogP contribution in [0.4, 0.5) is 14.6 Å². The van der Waals surface area contributed by atoms with Crippen LogP contribution < -0.4 is 5.32 Å². The fourth-order valence-electron chi connectivity index (χ4n) is 3.00. The summed E-state index contributed by atoms with van der Waals surface area (Å²) in [5.41, 5.74) is 1.25. The maximum absolute atomic E-state index is 13.3. The smallest absolute Gasteiger partial charge is 0.328 e. The molecule has 2 N–H and O–H groups in total. The van der Waals surface area contributed by atoms with Gasteiger partial charge in [0, 0.05) is 31.8 Å². The van der Waals surface area contributed by atoms with E-state index in [0.717, 1.165) is 43.8 Å². The molecule has 142 valence electrons. The van der Waals surface area contributed by atoms with Crippen molar-refractivity contribution in [2.24, 2.45) is 0 Å². The van der Waals surface area contributed by atoms with E-state index in [1.807, 2.05) is 0 Å². The van der Waals surface area contributed by atoms with Crippen molar-refractivity contribution in [2.75, 3.05) is 25.0 Å². The maximum atomic E-state index is 13.3. The fourth-order valence-corrected chi connectivity index (χ4v) is 3.00. The minimum absolute atomic E-state index is 0.227. The Bertz CT molecular complexity index is 827. The Kier molecular flexibility index (Phi) is 6.08. The number of aliphatic carboxylic acids is 1. The van der Waals surface area contributed by atoms with E-state index in [-0.39, 0.29) is 6.04 Å². The van der Waals surface area contributed by atoms with Crippen LogP contribution in [0.15, 0.2) is 36.7 Å². The summed E-state index contributed by atoms with van der Waals surface area (Å²) in [5, 5.41) is 11.9. The highest BCUT2D eigenvalue weighted by Gasteiger charge is 2.22. The van der Waals surface area contributed by atoms with Crippen molar-refractivity contribution in [1.29, 1.82) is 0 Å². The third kappa shape index (κ3) is 5.55. The summed E-state index contributed by atoms with van der Waals surface area (Å²) in [5.74, 6) is -2.04. The third-order valence-electron chi connectivity index (χ3n) is 4.39. The van der Waals surface area contributed by atoms with Gasteiger partial charge in [-0.1, -0.05) is 6.07 Å². The Balaban J connectivity index is 1.46. The van der Waals surface area contributed by atoms with Gasteiger partial charge in [0.15, 0.2) is 11.6 Å². The normalized spacial score (nSPS) is 17.5. The van der Waals surface area contributed by atoms with Gasteiger partial charge in [-0.3, -0.25) is 4.98 Å². The Morgan fingerprint density at radius 1 is 1.30 bits per heavy atom. The number of rotatable bonds is 7. The number of carboxylic acids is 1. The Morgan fingerprint density at radius 3 is 2.85 bits per heavy atom. The predicted molar refractivity (Wildman–Crippen MR) is 97.2 cm³/mol. The van der Waals surface area contributed by atoms with E-state index in [1.165, 1.54) is 18.3 Å². The van der Waals surface area contributed by atoms with Crippen molar-refractivity contribution in [1.82, 2.24) is 14.9 Å². The molecule has 1 fully saturated rings. The minimum atomic E-state index is -1.03. The quantitative estimate of drug-likeness (QED) is 0.726. The number of hydrogen-bond donors (Lipinski definition) is 2. The molecule has 0 radical (unpaired) electrons. The second kappa shape index (κ2) is 8.68. The number of anilines is 1. The molecule has 2 heterocycles. The molecular weight excluding hydrogens is 354 g/mol. The summed E-state index contributed by atoms with van der Waals surface area (Å²) in [6, 6.07) is 4.24. The molecule has 27 heavy (non-hydrogen) atoms. The molecule has 2 aromatic rings. The van der Waals surface area contributed by atoms with Gasteiger partial charge in [0.2, 0.25) is 0 Å². The molecular formula is C19H20F2N4O2. The van der Waals surface area contributed by atoms with Crippen molar-refractivity contribution < 1.29 is 18.7 Å². The lowest BCUT2D eigenvalue weighted by Gasteiger charge is -2.17. The van der Waals surface area contributed by atoms with E-state index < -0.39 is 17.6 Å². The molecule has 1 aromatic heterocycles. The number of hydrogen-bond acceptors (Lipinski definition) is 5. The number of aromatic nitrogens is 2. The first-order valence-electron chi connectivity index (χ1n) is 8.65. The van der Waals surface area contributed by atoms with E-state index in [2.05, 4.69) is 20.2 Å². The molecule has 1 saturated heterocycles. The van der Waals surface area contributed by atoms with Gasteiger partial charge < -0.3 is 15.3 Å². The molecule has 0 bridgehead atoms. The van der Waals surface area contributed by atoms with Crippen LogP contribution in [0.25, 0.3) is 6.08 Å². The summed E-state index contributed by atoms with van der Waals surface area (Å²) in [6.07, 6.45) is 7.09. The number of nitrogens with zero attached hydrogens (tertiary/aromatic N) is 3. The van der Waals surface area contributed by atoms with Gasteiger partial charge in [-0.05, 0) is 36.6 Å². The zero-order valence-electron chi connectivity index (χ0n) is 14.6. The lowest BCUT2D eigenvalue weighted by atomic mass is 10.1. The van der Waals surface area contributed by atoms with Crippen molar-refractivity contribution in [3.05, 3.63) is 59.6 Å². The van der Waals surface area contributed by atoms with E-state index in [0.29, 0.717) is 17.9 Å². The number of carboxylic acid groups (broad SMARTS) is 1. The van der Waals surface area contributed by atoms with Crippen LogP contribution >= 0.6 is 0 Å². The van der Waals surface area contributed by atoms with Gasteiger partial charge in [0.1, 0.15) is 5.82 Å². The molecule has 3 rings (SSSR count). The van der Waals surface area contributed by atoms with Crippen LogP contribution in [0.3, 0.4) is 0 Å². The van der Waals surface area contributed by atoms with Crippen LogP contribution in [-0.2, 0) is 11.2 Å². The molecule has 1 atom stereocenters. The molecule has 0 amide bonds. The largest absolute Gasteiger partial charge is 0.478 e. The van der Waals surface area contributed by atoms with Gasteiger partial charge in [-0.25, -0.2) is 18.6 Å². The molecule has 0 spiro atoms. The van der Waals surface area contributed by atoms with Crippen LogP contribution in [0.5, 0.6) is 0 Å². The first kappa shape index (κ1) is 18.9. The lowest BCUT2D eigenvalue weighted by Crippen LogP contribution is -2.28. The van der Waals surface area contributed by atoms with Crippen LogP contribution in [0, 0.1) is 11.6 Å². The second-order valence-electron chi connectivity index (χ2n) is 6.43. The predicted octanol–water partition coefficient (Wildman–Crippen LogP) is 2.58. The summed E-state index contributed by atoms with van der Waals surface area (Å²) in [4.78, 5) is 21.1. The van der Waals surface area contributed by atoms with Gasteiger partial charge >= 0.3 is 5.97 Å². The van der Waals surface area contributed by atoms with Gasteiger partial charge in [0.25, 0.3) is 0 Å². The fraction of sp³-hybridized carbons (Fsp3) is 0.316. The molecule has 1 aliphatic heterocycles. The third-order valence-corrected chi connectivity index (χ3v) is 4.39. The molecule has 8 heteroatoms. The minimum Gasteiger partial charge on any atom is -0.478 e. The zero-order valence-corrected chi connectivity index (χ0v) is 14.6. The standard InChI is InChI=1S/C19H20F2N4O2/c20-16-3-1-13(9-17(16)21)5-7-25-8-6-15(12-25)24-18-11-22-14(10-23-18)2-4-19(26)27/h1-4,9-11,15H,5-8,12H2,(H,23,24)(H,26,27)/b4-2+/t15-/m1/s1. The van der Waals surface area contributed by atoms with Crippen LogP contribution in [0.2, 0.25) is 0 Å². The second-order valence-corrected chi connectivity index (χ2v) is 6.43. The summed E-state index contributed by atoms with van der Waals surface area (Å²) < 4.78 is 26.2. The molecule has 1 aromatic carbocycles. The number of nitrogens with one attached hydrogen (secondary N) is 1. The van der Waals surface area contributed by atoms with E-state index >= 15 is 0 Å².